The minimum absolute atomic E-state index is 0.0675. The summed E-state index contributed by atoms with van der Waals surface area (Å²) in [6.45, 7) is 16.8. The summed E-state index contributed by atoms with van der Waals surface area (Å²) in [6.07, 6.45) is 4.25. The van der Waals surface area contributed by atoms with Crippen LogP contribution in [0.3, 0.4) is 0 Å². The average molecular weight is 1580 g/mol. The number of nitrogens with zero attached hydrogens (tertiary/aromatic N) is 3. The van der Waals surface area contributed by atoms with E-state index in [1.807, 2.05) is 89.2 Å². The fraction of sp³-hybridized carbons (Fsp3) is 0.578. The van der Waals surface area contributed by atoms with Crippen LogP contribution in [0.5, 0.6) is 46.0 Å². The summed E-state index contributed by atoms with van der Waals surface area (Å²) < 4.78 is 91.6. The number of amides is 3. The number of aromatic hydroxyl groups is 1. The van der Waals surface area contributed by atoms with Gasteiger partial charge in [-0.1, -0.05) is 58.0 Å². The molecular formula is C83H111N6O24+. The van der Waals surface area contributed by atoms with Crippen LogP contribution in [0, 0.1) is 17.8 Å². The van der Waals surface area contributed by atoms with Gasteiger partial charge in [0.25, 0.3) is 11.8 Å². The van der Waals surface area contributed by atoms with Gasteiger partial charge in [0.05, 0.1) is 51.8 Å². The summed E-state index contributed by atoms with van der Waals surface area (Å²) in [4.78, 5) is 120. The maximum absolute atomic E-state index is 14.7. The standard InChI is InChI=1S/C83H110N6O24/c1-47(2)45-104-65-25-17-22-59(81(96)106-50(6)73(65)103-41-37-49(5)99-10)87-79(94)70-77(64(102-13)35-39-85-70)113-68(91)44-89-40-36-62(100-11)72(92)71(89)80(95)88-61-23-18-26-66(105-46-48(3)4)74(51(7)107-83(61)98)112-57-31-28-54(29-32-57)42-55-30-33-58(43-55)110-67-27-19-24-60(82(97)108-52(8)75(67)111-56-20-15-14-16-21-56)86-78(93)69-76(109-53(9)90)63(101-12)34-38-84-69/h14-16,20-21,28-29,31-32,34-36,38-40,47-52,55,58-61,65-67,73-75H,17-19,22-27,30,33,37,41-46H2,1-13H3,(H3-,86,87,88,92,93,94,95)/p+1. The van der Waals surface area contributed by atoms with Gasteiger partial charge in [0.1, 0.15) is 54.0 Å². The van der Waals surface area contributed by atoms with E-state index in [9.17, 15) is 43.5 Å². The number of ether oxygens (including phenoxy) is 15. The Balaban J connectivity index is 0.828. The fourth-order valence-electron chi connectivity index (χ4n) is 14.3. The molecular weight excluding hydrogens is 1460 g/mol. The predicted octanol–water partition coefficient (Wildman–Crippen LogP) is 9.25. The molecule has 0 spiro atoms. The Kier molecular flexibility index (Phi) is 32.7. The van der Waals surface area contributed by atoms with E-state index >= 15 is 0 Å². The number of hydrogen-bond donors (Lipinski definition) is 4. The van der Waals surface area contributed by atoms with Crippen LogP contribution in [-0.2, 0) is 74.8 Å². The Bertz CT molecular complexity index is 4000. The summed E-state index contributed by atoms with van der Waals surface area (Å²) in [5.41, 5.74) is -0.0719. The molecule has 5 aromatic rings. The normalized spacial score (nSPS) is 24.7. The highest BCUT2D eigenvalue weighted by molar-refractivity contribution is 6.00. The Hall–Kier alpha value is -9.75. The van der Waals surface area contributed by atoms with Gasteiger partial charge < -0.3 is 92.1 Å². The van der Waals surface area contributed by atoms with Gasteiger partial charge in [-0.3, -0.25) is 19.2 Å². The van der Waals surface area contributed by atoms with Gasteiger partial charge >= 0.3 is 41.4 Å². The number of hydrogen-bond acceptors (Lipinski definition) is 26. The highest BCUT2D eigenvalue weighted by Gasteiger charge is 2.43. The maximum Gasteiger partial charge on any atom is 0.378 e. The van der Waals surface area contributed by atoms with Crippen molar-refractivity contribution in [2.45, 2.75) is 244 Å². The number of pyridine rings is 3. The second-order valence-corrected chi connectivity index (χ2v) is 30.0. The van der Waals surface area contributed by atoms with Gasteiger partial charge in [-0.2, -0.15) is 4.57 Å². The lowest BCUT2D eigenvalue weighted by atomic mass is 9.97. The van der Waals surface area contributed by atoms with Crippen molar-refractivity contribution in [3.63, 3.8) is 0 Å². The van der Waals surface area contributed by atoms with E-state index in [-0.39, 0.29) is 77.9 Å². The third kappa shape index (κ3) is 24.6. The Labute approximate surface area is 659 Å². The number of rotatable bonds is 32. The molecule has 3 aliphatic heterocycles. The third-order valence-corrected chi connectivity index (χ3v) is 20.2. The number of aromatic nitrogens is 3. The largest absolute Gasteiger partial charge is 0.500 e. The average Bonchev–Trinajstić information content (AvgIpc) is 0.947. The van der Waals surface area contributed by atoms with Crippen molar-refractivity contribution in [1.82, 2.24) is 25.9 Å². The number of esters is 5. The molecule has 2 aromatic carbocycles. The molecule has 3 amide bonds. The smallest absolute Gasteiger partial charge is 0.378 e. The summed E-state index contributed by atoms with van der Waals surface area (Å²) in [7, 11) is 5.55. The number of cyclic esters (lactones) is 3. The first-order valence-corrected chi connectivity index (χ1v) is 39.0. The molecule has 3 aromatic heterocycles. The fourth-order valence-corrected chi connectivity index (χ4v) is 14.3. The van der Waals surface area contributed by atoms with Gasteiger partial charge in [0.15, 0.2) is 47.0 Å². The molecule has 15 unspecified atom stereocenters. The molecule has 0 radical (unpaired) electrons. The molecule has 1 aliphatic carbocycles. The van der Waals surface area contributed by atoms with E-state index in [1.54, 1.807) is 27.9 Å². The first kappa shape index (κ1) is 87.2. The van der Waals surface area contributed by atoms with Crippen molar-refractivity contribution in [3.05, 3.63) is 114 Å². The number of methoxy groups -OCH3 is 4. The molecule has 616 valence electrons. The SMILES string of the molecule is COc1cc[n+](CC(=O)Oc2c(OC)ccnc2C(=O)NC2CCCC(OCC(C)C)C(OCCC(C)OC)C(C)OC2=O)c(C(=O)NC2CCCC(OCC(C)C)C(Oc3ccc(CC4CCC(OC5CCCC(NC(=O)c6nccc(OC)c6OC(C)=O)C(=O)OC(C)C5Oc5ccccc5)C4)cc3)C(C)OC2=O)c1O. The molecule has 4 aliphatic rings. The van der Waals surface area contributed by atoms with Crippen molar-refractivity contribution in [2.24, 2.45) is 17.8 Å². The number of carbonyl (C=O) groups excluding carboxylic acids is 8. The summed E-state index contributed by atoms with van der Waals surface area (Å²) in [5, 5.41) is 19.9. The Morgan fingerprint density at radius 3 is 1.56 bits per heavy atom. The number of nitrogens with one attached hydrogen (secondary N) is 3. The van der Waals surface area contributed by atoms with E-state index in [4.69, 9.17) is 71.1 Å². The van der Waals surface area contributed by atoms with Crippen molar-refractivity contribution in [2.75, 3.05) is 48.3 Å². The summed E-state index contributed by atoms with van der Waals surface area (Å²) >= 11 is 0. The number of benzene rings is 2. The van der Waals surface area contributed by atoms with Gasteiger partial charge in [0.2, 0.25) is 23.8 Å². The van der Waals surface area contributed by atoms with Gasteiger partial charge in [-0.25, -0.2) is 29.1 Å². The highest BCUT2D eigenvalue weighted by atomic mass is 16.6. The second kappa shape index (κ2) is 42.4. The quantitative estimate of drug-likeness (QED) is 0.0177. The zero-order valence-electron chi connectivity index (χ0n) is 66.9. The minimum atomic E-state index is -1.27. The molecule has 15 atom stereocenters. The second-order valence-electron chi connectivity index (χ2n) is 30.0. The van der Waals surface area contributed by atoms with Crippen molar-refractivity contribution in [3.8, 4) is 46.0 Å². The van der Waals surface area contributed by atoms with Crippen molar-refractivity contribution < 1.29 is 119 Å². The van der Waals surface area contributed by atoms with Crippen LogP contribution in [0.1, 0.15) is 183 Å². The summed E-state index contributed by atoms with van der Waals surface area (Å²) in [6, 6.07) is 17.6. The molecule has 113 heavy (non-hydrogen) atoms. The number of carbonyl (C=O) groups is 8. The van der Waals surface area contributed by atoms with Crippen LogP contribution in [0.4, 0.5) is 0 Å². The molecule has 4 fully saturated rings. The molecule has 30 nitrogen and oxygen atoms in total. The van der Waals surface area contributed by atoms with Crippen LogP contribution in [0.15, 0.2) is 91.4 Å². The van der Waals surface area contributed by atoms with Crippen LogP contribution >= 0.6 is 0 Å². The first-order chi connectivity index (χ1) is 54.2. The van der Waals surface area contributed by atoms with Crippen LogP contribution < -0.4 is 53.7 Å². The molecule has 1 saturated carbocycles. The van der Waals surface area contributed by atoms with E-state index in [2.05, 4.69) is 25.9 Å². The maximum atomic E-state index is 14.7. The lowest BCUT2D eigenvalue weighted by molar-refractivity contribution is -0.687. The third-order valence-electron chi connectivity index (χ3n) is 20.2. The molecule has 9 rings (SSSR count). The van der Waals surface area contributed by atoms with Crippen molar-refractivity contribution in [1.29, 1.82) is 0 Å². The first-order valence-electron chi connectivity index (χ1n) is 39.0. The van der Waals surface area contributed by atoms with Crippen LogP contribution in [0.2, 0.25) is 0 Å². The highest BCUT2D eigenvalue weighted by Crippen LogP contribution is 2.38. The van der Waals surface area contributed by atoms with E-state index in [0.717, 1.165) is 35.8 Å². The monoisotopic (exact) mass is 1580 g/mol. The lowest BCUT2D eigenvalue weighted by Gasteiger charge is -2.33. The van der Waals surface area contributed by atoms with Gasteiger partial charge in [-0.05, 0) is 165 Å². The van der Waals surface area contributed by atoms with Gasteiger partial charge in [-0.15, -0.1) is 0 Å². The molecule has 30 heteroatoms. The zero-order valence-corrected chi connectivity index (χ0v) is 66.9. The molecule has 6 heterocycles. The summed E-state index contributed by atoms with van der Waals surface area (Å²) in [5.74, 6) is -6.23. The van der Waals surface area contributed by atoms with E-state index in [1.165, 1.54) is 65.0 Å². The molecule has 4 N–H and O–H groups in total. The van der Waals surface area contributed by atoms with E-state index < -0.39 is 150 Å². The lowest BCUT2D eigenvalue weighted by Crippen LogP contribution is -2.51. The van der Waals surface area contributed by atoms with Gasteiger partial charge in [0, 0.05) is 64.4 Å². The number of para-hydroxylation sites is 1. The Morgan fingerprint density at radius 2 is 1.04 bits per heavy atom. The Morgan fingerprint density at radius 1 is 0.558 bits per heavy atom. The molecule has 3 saturated heterocycles. The van der Waals surface area contributed by atoms with Crippen LogP contribution in [0.25, 0.3) is 0 Å². The predicted molar refractivity (Wildman–Crippen MR) is 407 cm³/mol. The zero-order chi connectivity index (χ0) is 81.4. The van der Waals surface area contributed by atoms with E-state index in [0.29, 0.717) is 76.3 Å². The minimum Gasteiger partial charge on any atom is -0.500 e. The van der Waals surface area contributed by atoms with Crippen LogP contribution in [-0.4, -0.2) is 196 Å². The molecule has 0 bridgehead atoms. The van der Waals surface area contributed by atoms with Crippen molar-refractivity contribution >= 4 is 47.6 Å². The topological polar surface area (TPSA) is 361 Å².